The molecule has 0 fully saturated rings. The van der Waals surface area contributed by atoms with Crippen LogP contribution in [-0.4, -0.2) is 30.1 Å². The lowest BCUT2D eigenvalue weighted by atomic mass is 10.2. The summed E-state index contributed by atoms with van der Waals surface area (Å²) < 4.78 is 5.27. The number of ether oxygens (including phenoxy) is 1. The minimum Gasteiger partial charge on any atom is -0.495 e. The number of nitrogens with one attached hydrogen (secondary N) is 1. The number of nitrogens with zero attached hydrogens (tertiary/aromatic N) is 1. The second kappa shape index (κ2) is 6.45. The molecule has 0 saturated carbocycles. The molecule has 0 heterocycles. The molecule has 0 aliphatic heterocycles. The molecule has 0 aromatic heterocycles. The minimum absolute atomic E-state index is 0.103. The van der Waals surface area contributed by atoms with E-state index < -0.39 is 0 Å². The van der Waals surface area contributed by atoms with Crippen molar-refractivity contribution in [3.8, 4) is 5.75 Å². The Hall–Kier alpha value is -1.71. The second-order valence-corrected chi connectivity index (χ2v) is 5.23. The van der Waals surface area contributed by atoms with Crippen molar-refractivity contribution < 1.29 is 9.53 Å². The molecule has 0 aliphatic rings. The molecule has 4 nitrogen and oxygen atoms in total. The van der Waals surface area contributed by atoms with Crippen LogP contribution in [0.25, 0.3) is 0 Å². The molecule has 106 valence electrons. The summed E-state index contributed by atoms with van der Waals surface area (Å²) in [5.74, 6) is 0.673. The summed E-state index contributed by atoms with van der Waals surface area (Å²) in [6.45, 7) is 10.0. The number of aryl methyl sites for hydroxylation is 1. The van der Waals surface area contributed by atoms with Crippen molar-refractivity contribution in [3.63, 3.8) is 0 Å². The van der Waals surface area contributed by atoms with E-state index in [0.29, 0.717) is 11.4 Å². The molecule has 0 spiro atoms. The number of carbonyl (C=O) groups is 1. The van der Waals surface area contributed by atoms with E-state index in [1.807, 2.05) is 57.7 Å². The predicted octanol–water partition coefficient (Wildman–Crippen LogP) is 3.65. The molecular formula is C15H24N2O2. The van der Waals surface area contributed by atoms with Gasteiger partial charge in [0.15, 0.2) is 0 Å². The molecule has 19 heavy (non-hydrogen) atoms. The van der Waals surface area contributed by atoms with Gasteiger partial charge in [0.1, 0.15) is 5.75 Å². The van der Waals surface area contributed by atoms with Crippen LogP contribution in [0.4, 0.5) is 10.5 Å². The Bertz CT molecular complexity index is 434. The van der Waals surface area contributed by atoms with Gasteiger partial charge in [0, 0.05) is 12.1 Å². The van der Waals surface area contributed by atoms with E-state index in [2.05, 4.69) is 5.32 Å². The van der Waals surface area contributed by atoms with E-state index in [0.717, 1.165) is 5.56 Å². The molecule has 4 heteroatoms. The van der Waals surface area contributed by atoms with E-state index in [-0.39, 0.29) is 18.1 Å². The molecule has 0 saturated heterocycles. The maximum absolute atomic E-state index is 12.3. The number of hydrogen-bond acceptors (Lipinski definition) is 2. The van der Waals surface area contributed by atoms with E-state index >= 15 is 0 Å². The van der Waals surface area contributed by atoms with Gasteiger partial charge in [-0.3, -0.25) is 0 Å². The summed E-state index contributed by atoms with van der Waals surface area (Å²) >= 11 is 0. The van der Waals surface area contributed by atoms with Crippen LogP contribution in [0.5, 0.6) is 5.75 Å². The fourth-order valence-corrected chi connectivity index (χ4v) is 2.16. The Labute approximate surface area is 115 Å². The average molecular weight is 264 g/mol. The maximum Gasteiger partial charge on any atom is 0.322 e. The van der Waals surface area contributed by atoms with Gasteiger partial charge in [-0.15, -0.1) is 0 Å². The van der Waals surface area contributed by atoms with Gasteiger partial charge in [-0.2, -0.15) is 0 Å². The molecule has 1 N–H and O–H groups in total. The zero-order chi connectivity index (χ0) is 14.6. The lowest BCUT2D eigenvalue weighted by molar-refractivity contribution is 0.178. The molecule has 0 aliphatic carbocycles. The van der Waals surface area contributed by atoms with Crippen LogP contribution < -0.4 is 10.1 Å². The van der Waals surface area contributed by atoms with E-state index in [1.165, 1.54) is 0 Å². The Morgan fingerprint density at radius 3 is 2.26 bits per heavy atom. The van der Waals surface area contributed by atoms with Crippen LogP contribution >= 0.6 is 0 Å². The van der Waals surface area contributed by atoms with Crippen LogP contribution in [-0.2, 0) is 0 Å². The third kappa shape index (κ3) is 3.88. The van der Waals surface area contributed by atoms with Gasteiger partial charge < -0.3 is 15.0 Å². The second-order valence-electron chi connectivity index (χ2n) is 5.23. The Kier molecular flexibility index (Phi) is 5.21. The van der Waals surface area contributed by atoms with Gasteiger partial charge in [-0.25, -0.2) is 4.79 Å². The summed E-state index contributed by atoms with van der Waals surface area (Å²) in [6, 6.07) is 5.92. The lowest BCUT2D eigenvalue weighted by Gasteiger charge is -2.31. The molecule has 0 unspecified atom stereocenters. The number of hydrogen-bond donors (Lipinski definition) is 1. The number of rotatable bonds is 4. The number of amides is 2. The van der Waals surface area contributed by atoms with Crippen LogP contribution in [0, 0.1) is 6.92 Å². The first-order valence-electron chi connectivity index (χ1n) is 6.60. The van der Waals surface area contributed by atoms with Crippen molar-refractivity contribution in [2.75, 3.05) is 12.4 Å². The van der Waals surface area contributed by atoms with E-state index in [1.54, 1.807) is 7.11 Å². The van der Waals surface area contributed by atoms with Gasteiger partial charge in [0.25, 0.3) is 0 Å². The molecule has 0 bridgehead atoms. The Morgan fingerprint density at radius 1 is 1.21 bits per heavy atom. The highest BCUT2D eigenvalue weighted by molar-refractivity contribution is 5.91. The van der Waals surface area contributed by atoms with E-state index in [9.17, 15) is 4.79 Å². The van der Waals surface area contributed by atoms with E-state index in [4.69, 9.17) is 4.74 Å². The van der Waals surface area contributed by atoms with Gasteiger partial charge in [-0.1, -0.05) is 6.07 Å². The normalized spacial score (nSPS) is 10.7. The van der Waals surface area contributed by atoms with Crippen molar-refractivity contribution in [2.45, 2.75) is 46.7 Å². The van der Waals surface area contributed by atoms with Gasteiger partial charge in [0.05, 0.1) is 12.8 Å². The first-order valence-corrected chi connectivity index (χ1v) is 6.60. The topological polar surface area (TPSA) is 41.6 Å². The monoisotopic (exact) mass is 264 g/mol. The summed E-state index contributed by atoms with van der Waals surface area (Å²) in [6.07, 6.45) is 0. The average Bonchev–Trinajstić information content (AvgIpc) is 2.27. The van der Waals surface area contributed by atoms with Crippen molar-refractivity contribution in [1.82, 2.24) is 4.90 Å². The number of benzene rings is 1. The van der Waals surface area contributed by atoms with Crippen molar-refractivity contribution in [3.05, 3.63) is 23.8 Å². The Morgan fingerprint density at radius 2 is 1.79 bits per heavy atom. The molecule has 0 atom stereocenters. The van der Waals surface area contributed by atoms with Crippen LogP contribution in [0.2, 0.25) is 0 Å². The summed E-state index contributed by atoms with van der Waals surface area (Å²) in [4.78, 5) is 14.1. The first kappa shape index (κ1) is 15.3. The number of carbonyl (C=O) groups excluding carboxylic acids is 1. The fourth-order valence-electron chi connectivity index (χ4n) is 2.16. The van der Waals surface area contributed by atoms with Crippen molar-refractivity contribution >= 4 is 11.7 Å². The van der Waals surface area contributed by atoms with Gasteiger partial charge in [-0.05, 0) is 52.3 Å². The predicted molar refractivity (Wildman–Crippen MR) is 78.9 cm³/mol. The molecule has 2 amide bonds. The Balaban J connectivity index is 2.95. The molecular weight excluding hydrogens is 240 g/mol. The first-order chi connectivity index (χ1) is 8.86. The third-order valence-electron chi connectivity index (χ3n) is 2.94. The highest BCUT2D eigenvalue weighted by Crippen LogP contribution is 2.25. The maximum atomic E-state index is 12.3. The van der Waals surface area contributed by atoms with Crippen LogP contribution in [0.1, 0.15) is 33.3 Å². The highest BCUT2D eigenvalue weighted by atomic mass is 16.5. The quantitative estimate of drug-likeness (QED) is 0.901. The fraction of sp³-hybridized carbons (Fsp3) is 0.533. The number of methoxy groups -OCH3 is 1. The molecule has 0 radical (unpaired) electrons. The zero-order valence-corrected chi connectivity index (χ0v) is 12.7. The van der Waals surface area contributed by atoms with Crippen LogP contribution in [0.15, 0.2) is 18.2 Å². The standard InChI is InChI=1S/C15H24N2O2/c1-10(2)17(11(3)4)15(18)16-13-9-12(5)7-8-14(13)19-6/h7-11H,1-6H3,(H,16,18). The molecule has 1 rings (SSSR count). The summed E-state index contributed by atoms with van der Waals surface area (Å²) in [5, 5.41) is 2.93. The molecule has 1 aromatic rings. The number of anilines is 1. The van der Waals surface area contributed by atoms with Gasteiger partial charge in [0.2, 0.25) is 0 Å². The highest BCUT2D eigenvalue weighted by Gasteiger charge is 2.21. The van der Waals surface area contributed by atoms with Gasteiger partial charge >= 0.3 is 6.03 Å². The largest absolute Gasteiger partial charge is 0.495 e. The summed E-state index contributed by atoms with van der Waals surface area (Å²) in [7, 11) is 1.60. The summed E-state index contributed by atoms with van der Waals surface area (Å²) in [5.41, 5.74) is 1.79. The van der Waals surface area contributed by atoms with Crippen molar-refractivity contribution in [2.24, 2.45) is 0 Å². The minimum atomic E-state index is -0.103. The lowest BCUT2D eigenvalue weighted by Crippen LogP contribution is -2.44. The third-order valence-corrected chi connectivity index (χ3v) is 2.94. The smallest absolute Gasteiger partial charge is 0.322 e. The van der Waals surface area contributed by atoms with Crippen molar-refractivity contribution in [1.29, 1.82) is 0 Å². The zero-order valence-electron chi connectivity index (χ0n) is 12.7. The molecule has 1 aromatic carbocycles. The van der Waals surface area contributed by atoms with Crippen LogP contribution in [0.3, 0.4) is 0 Å². The SMILES string of the molecule is COc1ccc(C)cc1NC(=O)N(C(C)C)C(C)C. The number of urea groups is 1.